The molecule has 0 aliphatic heterocycles. The Morgan fingerprint density at radius 2 is 1.22 bits per heavy atom. The highest BCUT2D eigenvalue weighted by Gasteiger charge is 2.20. The van der Waals surface area contributed by atoms with E-state index in [0.29, 0.717) is 33.6 Å². The fourth-order valence-corrected chi connectivity index (χ4v) is 4.87. The van der Waals surface area contributed by atoms with E-state index in [-0.39, 0.29) is 0 Å². The van der Waals surface area contributed by atoms with Gasteiger partial charge in [-0.1, -0.05) is 96.5 Å². The SMILES string of the molecule is Clc1ccc2c(oc3ccccc32)c1-c1nc(-c2ccccc2)nc(-c2ccc3ccccc3c2)n1. The van der Waals surface area contributed by atoms with Crippen molar-refractivity contribution < 1.29 is 4.42 Å². The number of halogens is 1. The third kappa shape index (κ3) is 3.43. The van der Waals surface area contributed by atoms with Crippen LogP contribution in [-0.2, 0) is 0 Å². The van der Waals surface area contributed by atoms with Gasteiger partial charge in [0, 0.05) is 21.9 Å². The predicted molar refractivity (Wildman–Crippen MR) is 146 cm³/mol. The maximum atomic E-state index is 6.78. The maximum Gasteiger partial charge on any atom is 0.169 e. The molecule has 0 aliphatic carbocycles. The molecule has 0 saturated carbocycles. The topological polar surface area (TPSA) is 51.8 Å². The van der Waals surface area contributed by atoms with E-state index in [4.69, 9.17) is 31.0 Å². The zero-order valence-corrected chi connectivity index (χ0v) is 19.8. The molecule has 0 atom stereocenters. The average Bonchev–Trinajstić information content (AvgIpc) is 3.31. The van der Waals surface area contributed by atoms with E-state index in [9.17, 15) is 0 Å². The highest BCUT2D eigenvalue weighted by Crippen LogP contribution is 2.39. The molecule has 4 nitrogen and oxygen atoms in total. The first-order valence-corrected chi connectivity index (χ1v) is 12.0. The van der Waals surface area contributed by atoms with Crippen LogP contribution in [0.4, 0.5) is 0 Å². The Morgan fingerprint density at radius 3 is 2.08 bits per heavy atom. The summed E-state index contributed by atoms with van der Waals surface area (Å²) in [6, 6.07) is 36.2. The number of para-hydroxylation sites is 1. The third-order valence-electron chi connectivity index (χ3n) is 6.39. The number of aromatic nitrogens is 3. The largest absolute Gasteiger partial charge is 0.455 e. The number of benzene rings is 5. The minimum atomic E-state index is 0.474. The van der Waals surface area contributed by atoms with Gasteiger partial charge in [0.2, 0.25) is 0 Å². The maximum absolute atomic E-state index is 6.78. The summed E-state index contributed by atoms with van der Waals surface area (Å²) in [5.74, 6) is 1.63. The molecule has 0 unspecified atom stereocenters. The number of furan rings is 1. The first kappa shape index (κ1) is 20.8. The highest BCUT2D eigenvalue weighted by atomic mass is 35.5. The van der Waals surface area contributed by atoms with E-state index < -0.39 is 0 Å². The van der Waals surface area contributed by atoms with Gasteiger partial charge in [-0.2, -0.15) is 0 Å². The Hall–Kier alpha value is -4.54. The van der Waals surface area contributed by atoms with Crippen molar-refractivity contribution in [3.05, 3.63) is 114 Å². The van der Waals surface area contributed by atoms with E-state index in [1.54, 1.807) is 0 Å². The summed E-state index contributed by atoms with van der Waals surface area (Å²) in [6.45, 7) is 0. The molecule has 0 bridgehead atoms. The second kappa shape index (κ2) is 8.29. The normalized spacial score (nSPS) is 11.5. The summed E-state index contributed by atoms with van der Waals surface area (Å²) < 4.78 is 6.28. The minimum Gasteiger partial charge on any atom is -0.455 e. The Bertz CT molecular complexity index is 1910. The van der Waals surface area contributed by atoms with Gasteiger partial charge in [-0.15, -0.1) is 0 Å². The minimum absolute atomic E-state index is 0.474. The van der Waals surface area contributed by atoms with Gasteiger partial charge in [-0.25, -0.2) is 15.0 Å². The molecule has 0 spiro atoms. The Morgan fingerprint density at radius 1 is 0.528 bits per heavy atom. The second-order valence-electron chi connectivity index (χ2n) is 8.63. The third-order valence-corrected chi connectivity index (χ3v) is 6.71. The number of nitrogens with zero attached hydrogens (tertiary/aromatic N) is 3. The van der Waals surface area contributed by atoms with Crippen LogP contribution in [0.1, 0.15) is 0 Å². The van der Waals surface area contributed by atoms with Crippen LogP contribution in [0, 0.1) is 0 Å². The van der Waals surface area contributed by atoms with E-state index in [0.717, 1.165) is 38.3 Å². The number of hydrogen-bond donors (Lipinski definition) is 0. The number of fused-ring (bicyclic) bond motifs is 4. The smallest absolute Gasteiger partial charge is 0.169 e. The molecule has 5 heteroatoms. The summed E-state index contributed by atoms with van der Waals surface area (Å²) in [7, 11) is 0. The van der Waals surface area contributed by atoms with Crippen molar-refractivity contribution >= 4 is 44.3 Å². The van der Waals surface area contributed by atoms with Crippen LogP contribution in [0.2, 0.25) is 5.02 Å². The van der Waals surface area contributed by atoms with Crippen molar-refractivity contribution in [2.75, 3.05) is 0 Å². The molecule has 2 aromatic heterocycles. The summed E-state index contributed by atoms with van der Waals surface area (Å²) in [5, 5.41) is 4.80. The van der Waals surface area contributed by atoms with Crippen LogP contribution in [0.5, 0.6) is 0 Å². The van der Waals surface area contributed by atoms with Gasteiger partial charge in [0.25, 0.3) is 0 Å². The van der Waals surface area contributed by atoms with Crippen molar-refractivity contribution in [3.8, 4) is 34.2 Å². The van der Waals surface area contributed by atoms with E-state index in [1.165, 1.54) is 0 Å². The van der Waals surface area contributed by atoms with E-state index in [2.05, 4.69) is 24.3 Å². The van der Waals surface area contributed by atoms with Crippen molar-refractivity contribution in [1.29, 1.82) is 0 Å². The Labute approximate surface area is 211 Å². The van der Waals surface area contributed by atoms with Crippen molar-refractivity contribution in [1.82, 2.24) is 15.0 Å². The molecular formula is C31H18ClN3O. The molecule has 7 aromatic rings. The monoisotopic (exact) mass is 483 g/mol. The van der Waals surface area contributed by atoms with Gasteiger partial charge in [0.05, 0.1) is 10.6 Å². The fraction of sp³-hybridized carbons (Fsp3) is 0. The van der Waals surface area contributed by atoms with Gasteiger partial charge in [0.15, 0.2) is 17.5 Å². The predicted octanol–water partition coefficient (Wildman–Crippen LogP) is 8.58. The van der Waals surface area contributed by atoms with Crippen LogP contribution in [0.25, 0.3) is 66.9 Å². The Balaban J connectivity index is 1.52. The summed E-state index contributed by atoms with van der Waals surface area (Å²) in [4.78, 5) is 14.7. The van der Waals surface area contributed by atoms with Gasteiger partial charge >= 0.3 is 0 Å². The molecule has 0 radical (unpaired) electrons. The van der Waals surface area contributed by atoms with Gasteiger partial charge in [0.1, 0.15) is 11.2 Å². The zero-order chi connectivity index (χ0) is 24.1. The molecule has 0 aliphatic rings. The van der Waals surface area contributed by atoms with Gasteiger partial charge in [-0.05, 0) is 35.0 Å². The van der Waals surface area contributed by atoms with Crippen LogP contribution >= 0.6 is 11.6 Å². The molecule has 170 valence electrons. The molecule has 0 fully saturated rings. The summed E-state index contributed by atoms with van der Waals surface area (Å²) in [5.41, 5.74) is 3.92. The van der Waals surface area contributed by atoms with Crippen molar-refractivity contribution in [3.63, 3.8) is 0 Å². The first-order valence-electron chi connectivity index (χ1n) is 11.7. The van der Waals surface area contributed by atoms with Crippen LogP contribution < -0.4 is 0 Å². The lowest BCUT2D eigenvalue weighted by Crippen LogP contribution is -2.00. The summed E-state index contributed by atoms with van der Waals surface area (Å²) >= 11 is 6.78. The Kier molecular flexibility index (Phi) is 4.79. The van der Waals surface area contributed by atoms with E-state index >= 15 is 0 Å². The molecule has 5 aromatic carbocycles. The second-order valence-corrected chi connectivity index (χ2v) is 9.04. The standard InChI is InChI=1S/C31H18ClN3O/c32-25-17-16-24-23-12-6-7-13-26(23)36-28(24)27(25)31-34-29(20-9-2-1-3-10-20)33-30(35-31)22-15-14-19-8-4-5-11-21(19)18-22/h1-18H. The van der Waals surface area contributed by atoms with Gasteiger partial charge in [-0.3, -0.25) is 0 Å². The molecule has 2 heterocycles. The average molecular weight is 484 g/mol. The number of rotatable bonds is 3. The molecule has 7 rings (SSSR count). The lowest BCUT2D eigenvalue weighted by molar-refractivity contribution is 0.669. The zero-order valence-electron chi connectivity index (χ0n) is 19.0. The number of hydrogen-bond acceptors (Lipinski definition) is 4. The van der Waals surface area contributed by atoms with Crippen molar-refractivity contribution in [2.24, 2.45) is 0 Å². The van der Waals surface area contributed by atoms with Gasteiger partial charge < -0.3 is 4.42 Å². The van der Waals surface area contributed by atoms with Crippen molar-refractivity contribution in [2.45, 2.75) is 0 Å². The molecule has 36 heavy (non-hydrogen) atoms. The van der Waals surface area contributed by atoms with Crippen LogP contribution in [0.15, 0.2) is 114 Å². The van der Waals surface area contributed by atoms with Crippen LogP contribution in [-0.4, -0.2) is 15.0 Å². The first-order chi connectivity index (χ1) is 17.7. The highest BCUT2D eigenvalue weighted by molar-refractivity contribution is 6.35. The summed E-state index contributed by atoms with van der Waals surface area (Å²) in [6.07, 6.45) is 0. The molecular weight excluding hydrogens is 466 g/mol. The van der Waals surface area contributed by atoms with Crippen LogP contribution in [0.3, 0.4) is 0 Å². The molecule has 0 saturated heterocycles. The molecule has 0 N–H and O–H groups in total. The lowest BCUT2D eigenvalue weighted by atomic mass is 10.1. The van der Waals surface area contributed by atoms with E-state index in [1.807, 2.05) is 84.9 Å². The fourth-order valence-electron chi connectivity index (χ4n) is 4.63. The molecule has 0 amide bonds. The quantitative estimate of drug-likeness (QED) is 0.252. The lowest BCUT2D eigenvalue weighted by Gasteiger charge is -2.10.